The maximum atomic E-state index is 14.0. The number of methoxy groups -OCH3 is 2. The third-order valence-electron chi connectivity index (χ3n) is 5.46. The molecule has 0 atom stereocenters. The number of fused-ring (bicyclic) bond motifs is 1. The summed E-state index contributed by atoms with van der Waals surface area (Å²) < 4.78 is 65.5. The molecule has 0 aliphatic rings. The Morgan fingerprint density at radius 2 is 1.69 bits per heavy atom. The zero-order chi connectivity index (χ0) is 26.0. The number of carbonyl (C=O) groups excluding carboxylic acids is 1. The van der Waals surface area contributed by atoms with Crippen LogP contribution in [-0.4, -0.2) is 25.1 Å². The number of nitrogen functional groups attached to an aromatic ring is 1. The van der Waals surface area contributed by atoms with E-state index in [2.05, 4.69) is 10.3 Å². The first-order valence-electron chi connectivity index (χ1n) is 10.6. The monoisotopic (exact) mass is 519 g/mol. The molecule has 0 bridgehead atoms. The lowest BCUT2D eigenvalue weighted by Crippen LogP contribution is -2.22. The molecular weight excluding hydrogens is 498 g/mol. The van der Waals surface area contributed by atoms with Gasteiger partial charge in [-0.15, -0.1) is 11.3 Å². The van der Waals surface area contributed by atoms with Crippen LogP contribution in [-0.2, 0) is 19.1 Å². The molecule has 2 aromatic heterocycles. The number of hydrogen-bond donors (Lipinski definition) is 2. The zero-order valence-corrected chi connectivity index (χ0v) is 20.0. The minimum atomic E-state index is -4.72. The number of thiophene rings is 1. The lowest BCUT2D eigenvalue weighted by atomic mass is 10.0. The van der Waals surface area contributed by atoms with Crippen molar-refractivity contribution in [1.82, 2.24) is 10.3 Å². The average molecular weight is 520 g/mol. The summed E-state index contributed by atoms with van der Waals surface area (Å²) in [5.74, 6) is -0.140. The van der Waals surface area contributed by atoms with Gasteiger partial charge in [-0.25, -0.2) is 9.37 Å². The van der Waals surface area contributed by atoms with Gasteiger partial charge >= 0.3 is 6.18 Å². The first kappa shape index (κ1) is 25.2. The normalized spacial score (nSPS) is 11.5. The van der Waals surface area contributed by atoms with Crippen molar-refractivity contribution in [2.75, 3.05) is 20.0 Å². The molecule has 0 saturated heterocycles. The molecule has 11 heteroatoms. The highest BCUT2D eigenvalue weighted by atomic mass is 32.1. The van der Waals surface area contributed by atoms with E-state index in [0.29, 0.717) is 22.6 Å². The molecule has 0 fully saturated rings. The molecule has 0 saturated carbocycles. The van der Waals surface area contributed by atoms with E-state index in [1.807, 2.05) is 0 Å². The summed E-state index contributed by atoms with van der Waals surface area (Å²) >= 11 is 0.785. The SMILES string of the molecule is COc1ccc(Cc2cc(C(F)(F)F)c3c(N)c(C(=O)NCc4ccc(F)cc4)sc3n2)cc1OC. The van der Waals surface area contributed by atoms with E-state index in [1.54, 1.807) is 18.2 Å². The van der Waals surface area contributed by atoms with E-state index in [-0.39, 0.29) is 39.4 Å². The highest BCUT2D eigenvalue weighted by molar-refractivity contribution is 7.21. The number of hydrogen-bond acceptors (Lipinski definition) is 6. The number of ether oxygens (including phenoxy) is 2. The molecule has 2 aromatic carbocycles. The Morgan fingerprint density at radius 3 is 2.33 bits per heavy atom. The molecule has 0 radical (unpaired) electrons. The molecule has 36 heavy (non-hydrogen) atoms. The van der Waals surface area contributed by atoms with Crippen LogP contribution in [0.25, 0.3) is 10.2 Å². The fraction of sp³-hybridized carbons (Fsp3) is 0.200. The molecule has 4 aromatic rings. The molecule has 1 amide bonds. The van der Waals surface area contributed by atoms with Gasteiger partial charge in [-0.05, 0) is 41.5 Å². The van der Waals surface area contributed by atoms with Gasteiger partial charge < -0.3 is 20.5 Å². The number of nitrogens with one attached hydrogen (secondary N) is 1. The minimum absolute atomic E-state index is 0.00438. The summed E-state index contributed by atoms with van der Waals surface area (Å²) in [5, 5.41) is 2.30. The van der Waals surface area contributed by atoms with Crippen molar-refractivity contribution < 1.29 is 31.8 Å². The number of carbonyl (C=O) groups is 1. The van der Waals surface area contributed by atoms with Gasteiger partial charge in [0.1, 0.15) is 15.5 Å². The number of aromatic nitrogens is 1. The van der Waals surface area contributed by atoms with Crippen LogP contribution < -0.4 is 20.5 Å². The number of nitrogens with zero attached hydrogens (tertiary/aromatic N) is 1. The van der Waals surface area contributed by atoms with Crippen LogP contribution in [0.1, 0.15) is 32.1 Å². The Hall–Kier alpha value is -3.86. The van der Waals surface area contributed by atoms with E-state index in [4.69, 9.17) is 15.2 Å². The molecule has 4 rings (SSSR count). The number of halogens is 4. The van der Waals surface area contributed by atoms with Gasteiger partial charge in [0.15, 0.2) is 11.5 Å². The predicted molar refractivity (Wildman–Crippen MR) is 129 cm³/mol. The van der Waals surface area contributed by atoms with Crippen LogP contribution in [0.4, 0.5) is 23.2 Å². The maximum Gasteiger partial charge on any atom is 0.417 e. The molecular formula is C25H21F4N3O3S. The van der Waals surface area contributed by atoms with Crippen LogP contribution in [0, 0.1) is 5.82 Å². The van der Waals surface area contributed by atoms with Crippen molar-refractivity contribution in [1.29, 1.82) is 0 Å². The molecule has 0 aliphatic heterocycles. The highest BCUT2D eigenvalue weighted by Crippen LogP contribution is 2.42. The second kappa shape index (κ2) is 10.0. The van der Waals surface area contributed by atoms with Crippen molar-refractivity contribution >= 4 is 33.1 Å². The summed E-state index contributed by atoms with van der Waals surface area (Å²) in [6, 6.07) is 11.4. The van der Waals surface area contributed by atoms with Gasteiger partial charge in [0.2, 0.25) is 0 Å². The second-order valence-corrected chi connectivity index (χ2v) is 8.86. The third kappa shape index (κ3) is 5.20. The van der Waals surface area contributed by atoms with Gasteiger partial charge in [0.05, 0.1) is 25.5 Å². The van der Waals surface area contributed by atoms with Crippen molar-refractivity contribution in [3.63, 3.8) is 0 Å². The lowest BCUT2D eigenvalue weighted by Gasteiger charge is -2.12. The largest absolute Gasteiger partial charge is 0.493 e. The molecule has 2 heterocycles. The predicted octanol–water partition coefficient (Wildman–Crippen LogP) is 5.57. The van der Waals surface area contributed by atoms with Crippen LogP contribution in [0.15, 0.2) is 48.5 Å². The summed E-state index contributed by atoms with van der Waals surface area (Å²) in [6.45, 7) is 0.0525. The first-order valence-corrected chi connectivity index (χ1v) is 11.4. The number of pyridine rings is 1. The minimum Gasteiger partial charge on any atom is -0.493 e. The fourth-order valence-electron chi connectivity index (χ4n) is 3.72. The maximum absolute atomic E-state index is 14.0. The number of benzene rings is 2. The lowest BCUT2D eigenvalue weighted by molar-refractivity contribution is -0.136. The summed E-state index contributed by atoms with van der Waals surface area (Å²) in [6.07, 6.45) is -4.63. The van der Waals surface area contributed by atoms with E-state index < -0.39 is 23.5 Å². The topological polar surface area (TPSA) is 86.5 Å². The number of rotatable bonds is 7. The molecule has 3 N–H and O–H groups in total. The number of alkyl halides is 3. The molecule has 188 valence electrons. The van der Waals surface area contributed by atoms with Crippen molar-refractivity contribution in [3.05, 3.63) is 81.6 Å². The van der Waals surface area contributed by atoms with Gasteiger partial charge in [-0.3, -0.25) is 4.79 Å². The van der Waals surface area contributed by atoms with E-state index >= 15 is 0 Å². The Balaban J connectivity index is 1.68. The molecule has 6 nitrogen and oxygen atoms in total. The molecule has 0 aliphatic carbocycles. The van der Waals surface area contributed by atoms with Crippen LogP contribution >= 0.6 is 11.3 Å². The van der Waals surface area contributed by atoms with Gasteiger partial charge in [-0.1, -0.05) is 18.2 Å². The standard InChI is InChI=1S/C25H21F4N3O3S/c1-34-18-8-5-14(10-19(18)35-2)9-16-11-17(25(27,28)29)20-21(30)22(36-24(20)32-16)23(33)31-12-13-3-6-15(26)7-4-13/h3-8,10-11H,9,12,30H2,1-2H3,(H,31,33). The van der Waals surface area contributed by atoms with E-state index in [9.17, 15) is 22.4 Å². The summed E-state index contributed by atoms with van der Waals surface area (Å²) in [4.78, 5) is 17.1. The number of nitrogens with two attached hydrogens (primary N) is 1. The van der Waals surface area contributed by atoms with Crippen LogP contribution in [0.3, 0.4) is 0 Å². The average Bonchev–Trinajstić information content (AvgIpc) is 3.18. The van der Waals surface area contributed by atoms with Gasteiger partial charge in [0, 0.05) is 24.0 Å². The van der Waals surface area contributed by atoms with Gasteiger partial charge in [0.25, 0.3) is 5.91 Å². The Morgan fingerprint density at radius 1 is 1.03 bits per heavy atom. The van der Waals surface area contributed by atoms with Crippen LogP contribution in [0.5, 0.6) is 11.5 Å². The smallest absolute Gasteiger partial charge is 0.417 e. The van der Waals surface area contributed by atoms with E-state index in [0.717, 1.165) is 17.4 Å². The Bertz CT molecular complexity index is 1420. The Kier molecular flexibility index (Phi) is 7.02. The quantitative estimate of drug-likeness (QED) is 0.312. The molecule has 0 spiro atoms. The van der Waals surface area contributed by atoms with Crippen molar-refractivity contribution in [2.24, 2.45) is 0 Å². The van der Waals surface area contributed by atoms with Gasteiger partial charge in [-0.2, -0.15) is 13.2 Å². The van der Waals surface area contributed by atoms with Crippen molar-refractivity contribution in [2.45, 2.75) is 19.1 Å². The first-order chi connectivity index (χ1) is 17.1. The fourth-order valence-corrected chi connectivity index (χ4v) is 4.77. The number of anilines is 1. The Labute approximate surface area is 207 Å². The zero-order valence-electron chi connectivity index (χ0n) is 19.2. The summed E-state index contributed by atoms with van der Waals surface area (Å²) in [7, 11) is 2.95. The second-order valence-electron chi connectivity index (χ2n) is 7.86. The molecule has 0 unspecified atom stereocenters. The number of amides is 1. The van der Waals surface area contributed by atoms with Crippen molar-refractivity contribution in [3.8, 4) is 11.5 Å². The highest BCUT2D eigenvalue weighted by Gasteiger charge is 2.36. The summed E-state index contributed by atoms with van der Waals surface area (Å²) in [5.41, 5.74) is 6.21. The third-order valence-corrected chi connectivity index (χ3v) is 6.56. The van der Waals surface area contributed by atoms with E-state index in [1.165, 1.54) is 38.5 Å². The van der Waals surface area contributed by atoms with Crippen LogP contribution in [0.2, 0.25) is 0 Å².